The second kappa shape index (κ2) is 7.56. The van der Waals surface area contributed by atoms with Crippen molar-refractivity contribution >= 4 is 23.1 Å². The van der Waals surface area contributed by atoms with Crippen LogP contribution in [-0.2, 0) is 10.3 Å². The monoisotopic (exact) mass is 447 g/mol. The van der Waals surface area contributed by atoms with Crippen molar-refractivity contribution in [3.63, 3.8) is 0 Å². The first-order chi connectivity index (χ1) is 15.9. The molecule has 1 aromatic heterocycles. The number of benzene rings is 2. The normalized spacial score (nSPS) is 24.0. The van der Waals surface area contributed by atoms with Gasteiger partial charge in [0.25, 0.3) is 5.69 Å². The van der Waals surface area contributed by atoms with Gasteiger partial charge >= 0.3 is 0 Å². The summed E-state index contributed by atoms with van der Waals surface area (Å²) in [6.45, 7) is 0.336. The van der Waals surface area contributed by atoms with Crippen molar-refractivity contribution in [3.8, 4) is 5.75 Å². The number of ketones is 1. The summed E-state index contributed by atoms with van der Waals surface area (Å²) in [5, 5.41) is 14.3. The second-order valence-electron chi connectivity index (χ2n) is 8.29. The van der Waals surface area contributed by atoms with Gasteiger partial charge in [0.15, 0.2) is 5.76 Å². The molecule has 3 atom stereocenters. The number of furan rings is 1. The molecule has 0 bridgehead atoms. The number of Topliss-reactive ketones (excluding diaryl/α,β-unsaturated/α-hetero) is 1. The molecule has 2 aromatic carbocycles. The van der Waals surface area contributed by atoms with E-state index in [1.165, 1.54) is 25.5 Å². The summed E-state index contributed by atoms with van der Waals surface area (Å²) in [5.41, 5.74) is 0.445. The Hall–Kier alpha value is -3.98. The predicted molar refractivity (Wildman–Crippen MR) is 118 cm³/mol. The molecule has 9 nitrogen and oxygen atoms in total. The molecule has 168 valence electrons. The minimum Gasteiger partial charge on any atom is -0.497 e. The summed E-state index contributed by atoms with van der Waals surface area (Å²) in [4.78, 5) is 40.3. The van der Waals surface area contributed by atoms with Crippen LogP contribution in [0.15, 0.2) is 65.3 Å². The third-order valence-corrected chi connectivity index (χ3v) is 6.71. The predicted octanol–water partition coefficient (Wildman–Crippen LogP) is 3.57. The van der Waals surface area contributed by atoms with E-state index in [-0.39, 0.29) is 23.1 Å². The van der Waals surface area contributed by atoms with E-state index < -0.39 is 22.3 Å². The van der Waals surface area contributed by atoms with E-state index in [4.69, 9.17) is 9.15 Å². The van der Waals surface area contributed by atoms with Crippen LogP contribution in [0, 0.1) is 16.0 Å². The summed E-state index contributed by atoms with van der Waals surface area (Å²) in [6, 6.07) is 14.7. The van der Waals surface area contributed by atoms with E-state index in [9.17, 15) is 19.7 Å². The molecular formula is C24H21N3O6. The largest absolute Gasteiger partial charge is 0.497 e. The number of carbonyl (C=O) groups excluding carboxylic acids is 2. The van der Waals surface area contributed by atoms with Crippen molar-refractivity contribution in [1.29, 1.82) is 0 Å². The SMILES string of the molecule is COc1ccc2c(c1)[C@]1(C(=O)N2)C(C(=O)c2ccco2)[C@@H](c2cccc([N+](=O)[O-])c2)CN1C. The molecule has 5 rings (SSSR count). The maximum Gasteiger partial charge on any atom is 0.269 e. The van der Waals surface area contributed by atoms with Gasteiger partial charge in [-0.1, -0.05) is 12.1 Å². The van der Waals surface area contributed by atoms with Gasteiger partial charge in [-0.3, -0.25) is 24.6 Å². The Kier molecular flexibility index (Phi) is 4.79. The van der Waals surface area contributed by atoms with Crippen molar-refractivity contribution in [3.05, 3.63) is 87.9 Å². The molecule has 1 N–H and O–H groups in total. The van der Waals surface area contributed by atoms with Crippen molar-refractivity contribution in [2.45, 2.75) is 11.5 Å². The fourth-order valence-electron chi connectivity index (χ4n) is 5.29. The van der Waals surface area contributed by atoms with Crippen LogP contribution in [0.4, 0.5) is 11.4 Å². The lowest BCUT2D eigenvalue weighted by molar-refractivity contribution is -0.384. The van der Waals surface area contributed by atoms with Crippen LogP contribution in [0.2, 0.25) is 0 Å². The molecule has 2 aliphatic rings. The molecule has 33 heavy (non-hydrogen) atoms. The van der Waals surface area contributed by atoms with Crippen molar-refractivity contribution < 1.29 is 23.7 Å². The van der Waals surface area contributed by atoms with E-state index in [0.717, 1.165) is 0 Å². The molecule has 3 aromatic rings. The van der Waals surface area contributed by atoms with Gasteiger partial charge in [0.2, 0.25) is 11.7 Å². The van der Waals surface area contributed by atoms with Gasteiger partial charge < -0.3 is 14.5 Å². The summed E-state index contributed by atoms with van der Waals surface area (Å²) >= 11 is 0. The van der Waals surface area contributed by atoms with Gasteiger partial charge in [-0.05, 0) is 42.9 Å². The third-order valence-electron chi connectivity index (χ3n) is 6.71. The Bertz CT molecular complexity index is 1270. The fraction of sp³-hybridized carbons (Fsp3) is 0.250. The quantitative estimate of drug-likeness (QED) is 0.361. The molecule has 0 aliphatic carbocycles. The van der Waals surface area contributed by atoms with Crippen LogP contribution in [-0.4, -0.2) is 42.2 Å². The molecule has 3 heterocycles. The Balaban J connectivity index is 1.74. The lowest BCUT2D eigenvalue weighted by atomic mass is 9.71. The number of likely N-dealkylation sites (tertiary alicyclic amines) is 1. The maximum absolute atomic E-state index is 13.9. The van der Waals surface area contributed by atoms with Crippen LogP contribution < -0.4 is 10.1 Å². The van der Waals surface area contributed by atoms with Gasteiger partial charge in [0, 0.05) is 35.8 Å². The number of nitrogens with zero attached hydrogens (tertiary/aromatic N) is 2. The topological polar surface area (TPSA) is 115 Å². The van der Waals surface area contributed by atoms with E-state index in [2.05, 4.69) is 5.32 Å². The van der Waals surface area contributed by atoms with Gasteiger partial charge in [0.05, 0.1) is 24.2 Å². The van der Waals surface area contributed by atoms with Crippen molar-refractivity contribution in [1.82, 2.24) is 4.90 Å². The first kappa shape index (κ1) is 20.9. The average Bonchev–Trinajstić information content (AvgIpc) is 3.52. The number of nitro benzene ring substituents is 1. The number of hydrogen-bond donors (Lipinski definition) is 1. The van der Waals surface area contributed by atoms with Gasteiger partial charge in [-0.25, -0.2) is 0 Å². The Morgan fingerprint density at radius 1 is 1.24 bits per heavy atom. The lowest BCUT2D eigenvalue weighted by Crippen LogP contribution is -2.51. The van der Waals surface area contributed by atoms with E-state index in [1.807, 2.05) is 4.90 Å². The summed E-state index contributed by atoms with van der Waals surface area (Å²) in [6.07, 6.45) is 1.41. The molecular weight excluding hydrogens is 426 g/mol. The minimum atomic E-state index is -1.33. The second-order valence-corrected chi connectivity index (χ2v) is 8.29. The number of amides is 1. The highest BCUT2D eigenvalue weighted by Crippen LogP contribution is 2.56. The smallest absolute Gasteiger partial charge is 0.269 e. The zero-order chi connectivity index (χ0) is 23.3. The number of methoxy groups -OCH3 is 1. The van der Waals surface area contributed by atoms with Gasteiger partial charge in [-0.15, -0.1) is 0 Å². The van der Waals surface area contributed by atoms with E-state index in [1.54, 1.807) is 49.5 Å². The van der Waals surface area contributed by atoms with Gasteiger partial charge in [0.1, 0.15) is 11.3 Å². The van der Waals surface area contributed by atoms with Crippen molar-refractivity contribution in [2.24, 2.45) is 5.92 Å². The minimum absolute atomic E-state index is 0.0711. The number of anilines is 1. The number of rotatable bonds is 5. The molecule has 1 unspecified atom stereocenters. The first-order valence-electron chi connectivity index (χ1n) is 10.4. The molecule has 0 saturated carbocycles. The standard InChI is InChI=1S/C24H21N3O6/c1-26-13-17(14-5-3-6-15(11-14)27(30)31)21(22(28)20-7-4-10-33-20)24(26)18-12-16(32-2)8-9-19(18)25-23(24)29/h3-12,17,21H,13H2,1-2H3,(H,25,29)/t17-,21?,24-/m1/s1. The number of non-ortho nitro benzene ring substituents is 1. The van der Waals surface area contributed by atoms with Crippen LogP contribution in [0.1, 0.15) is 27.6 Å². The summed E-state index contributed by atoms with van der Waals surface area (Å²) in [5.74, 6) is -1.35. The first-order valence-corrected chi connectivity index (χ1v) is 10.4. The Labute approximate surface area is 189 Å². The molecule has 1 amide bonds. The van der Waals surface area contributed by atoms with E-state index in [0.29, 0.717) is 29.1 Å². The van der Waals surface area contributed by atoms with Crippen LogP contribution >= 0.6 is 0 Å². The molecule has 1 spiro atoms. The number of nitro groups is 1. The highest BCUT2D eigenvalue weighted by atomic mass is 16.6. The number of fused-ring (bicyclic) bond motifs is 2. The molecule has 0 radical (unpaired) electrons. The highest BCUT2D eigenvalue weighted by molar-refractivity contribution is 6.11. The fourth-order valence-corrected chi connectivity index (χ4v) is 5.29. The zero-order valence-electron chi connectivity index (χ0n) is 18.0. The number of nitrogens with one attached hydrogen (secondary N) is 1. The third kappa shape index (κ3) is 2.96. The number of likely N-dealkylation sites (N-methyl/N-ethyl adjacent to an activating group) is 1. The zero-order valence-corrected chi connectivity index (χ0v) is 18.0. The average molecular weight is 447 g/mol. The van der Waals surface area contributed by atoms with E-state index >= 15 is 0 Å². The Morgan fingerprint density at radius 2 is 2.06 bits per heavy atom. The van der Waals surface area contributed by atoms with Gasteiger partial charge in [-0.2, -0.15) is 0 Å². The molecule has 1 fully saturated rings. The van der Waals surface area contributed by atoms with Crippen LogP contribution in [0.5, 0.6) is 5.75 Å². The summed E-state index contributed by atoms with van der Waals surface area (Å²) in [7, 11) is 3.32. The Morgan fingerprint density at radius 3 is 2.76 bits per heavy atom. The number of ether oxygens (including phenoxy) is 1. The van der Waals surface area contributed by atoms with Crippen molar-refractivity contribution in [2.75, 3.05) is 26.0 Å². The van der Waals surface area contributed by atoms with Crippen LogP contribution in [0.25, 0.3) is 0 Å². The molecule has 9 heteroatoms. The number of carbonyl (C=O) groups is 2. The highest BCUT2D eigenvalue weighted by Gasteiger charge is 2.64. The number of hydrogen-bond acceptors (Lipinski definition) is 7. The molecule has 2 aliphatic heterocycles. The lowest BCUT2D eigenvalue weighted by Gasteiger charge is -2.35. The maximum atomic E-state index is 13.9. The molecule has 1 saturated heterocycles. The van der Waals surface area contributed by atoms with Crippen LogP contribution in [0.3, 0.4) is 0 Å². The summed E-state index contributed by atoms with van der Waals surface area (Å²) < 4.78 is 10.8.